The normalized spacial score (nSPS) is 17.6. The standard InChI is InChI=1S/C30H45N5O7S/c1-20-26(43-19-33-20)22-7-5-21(6-8-22)16-32-28(38)24-15-23(36)17-35(24)29(39)27(30(2,3)4)34-25(37)18-42-14-13-41-12-11-40-10-9-31/h5-8,19,23-24,27,36H,9-18,31H2,1-4H3,(H,32,38)(H,34,37)/t23?,24?,27-/m1/s1. The molecular formula is C30H45N5O7S. The van der Waals surface area contributed by atoms with Crippen LogP contribution in [-0.2, 0) is 35.1 Å². The lowest BCUT2D eigenvalue weighted by molar-refractivity contribution is -0.144. The first kappa shape index (κ1) is 34.5. The number of likely N-dealkylation sites (tertiary alicyclic amines) is 1. The first-order valence-corrected chi connectivity index (χ1v) is 15.4. The number of nitrogens with two attached hydrogens (primary N) is 1. The summed E-state index contributed by atoms with van der Waals surface area (Å²) in [5.74, 6) is -1.25. The number of benzene rings is 1. The lowest BCUT2D eigenvalue weighted by atomic mass is 9.85. The molecule has 13 heteroatoms. The molecule has 1 saturated heterocycles. The number of aliphatic hydroxyl groups is 1. The van der Waals surface area contributed by atoms with Crippen molar-refractivity contribution >= 4 is 29.1 Å². The molecule has 3 rings (SSSR count). The molecule has 2 unspecified atom stereocenters. The second-order valence-electron chi connectivity index (χ2n) is 11.5. The molecule has 238 valence electrons. The van der Waals surface area contributed by atoms with E-state index in [2.05, 4.69) is 15.6 Å². The van der Waals surface area contributed by atoms with Gasteiger partial charge in [0.2, 0.25) is 17.7 Å². The van der Waals surface area contributed by atoms with Crippen molar-refractivity contribution in [1.82, 2.24) is 20.5 Å². The average Bonchev–Trinajstić information content (AvgIpc) is 3.58. The molecule has 0 bridgehead atoms. The highest BCUT2D eigenvalue weighted by Gasteiger charge is 2.44. The smallest absolute Gasteiger partial charge is 0.246 e. The second-order valence-corrected chi connectivity index (χ2v) is 12.4. The number of aryl methyl sites for hydroxylation is 1. The number of hydrogen-bond donors (Lipinski definition) is 4. The number of amides is 3. The van der Waals surface area contributed by atoms with E-state index in [9.17, 15) is 19.5 Å². The fraction of sp³-hybridized carbons (Fsp3) is 0.600. The highest BCUT2D eigenvalue weighted by atomic mass is 32.1. The van der Waals surface area contributed by atoms with Crippen LogP contribution in [0.1, 0.15) is 38.4 Å². The number of ether oxygens (including phenoxy) is 3. The highest BCUT2D eigenvalue weighted by Crippen LogP contribution is 2.28. The number of aliphatic hydroxyl groups excluding tert-OH is 1. The molecule has 1 aromatic carbocycles. The maximum Gasteiger partial charge on any atom is 0.246 e. The van der Waals surface area contributed by atoms with Crippen LogP contribution >= 0.6 is 11.3 Å². The highest BCUT2D eigenvalue weighted by molar-refractivity contribution is 7.13. The molecule has 0 saturated carbocycles. The van der Waals surface area contributed by atoms with Gasteiger partial charge in [0, 0.05) is 26.1 Å². The van der Waals surface area contributed by atoms with Crippen molar-refractivity contribution in [3.05, 3.63) is 41.0 Å². The van der Waals surface area contributed by atoms with E-state index in [0.717, 1.165) is 21.7 Å². The Labute approximate surface area is 257 Å². The maximum atomic E-state index is 13.7. The minimum absolute atomic E-state index is 0.00506. The number of nitrogens with zero attached hydrogens (tertiary/aromatic N) is 2. The van der Waals surface area contributed by atoms with Gasteiger partial charge < -0.3 is 40.6 Å². The number of rotatable bonds is 16. The van der Waals surface area contributed by atoms with Gasteiger partial charge in [-0.15, -0.1) is 11.3 Å². The molecule has 0 spiro atoms. The van der Waals surface area contributed by atoms with Crippen molar-refractivity contribution in [2.24, 2.45) is 11.1 Å². The molecule has 0 radical (unpaired) electrons. The average molecular weight is 620 g/mol. The third kappa shape index (κ3) is 10.6. The van der Waals surface area contributed by atoms with Crippen molar-refractivity contribution in [2.75, 3.05) is 52.7 Å². The van der Waals surface area contributed by atoms with Crippen LogP contribution in [-0.4, -0.2) is 104 Å². The minimum Gasteiger partial charge on any atom is -0.391 e. The summed E-state index contributed by atoms with van der Waals surface area (Å²) in [6, 6.07) is 6.08. The number of β-amino-alcohol motifs (C(OH)–C–C–N with tert-alkyl or cyclic N) is 1. The summed E-state index contributed by atoms with van der Waals surface area (Å²) < 4.78 is 16.0. The molecule has 1 fully saturated rings. The van der Waals surface area contributed by atoms with Gasteiger partial charge in [-0.2, -0.15) is 0 Å². The molecule has 2 heterocycles. The molecule has 3 atom stereocenters. The largest absolute Gasteiger partial charge is 0.391 e. The van der Waals surface area contributed by atoms with Gasteiger partial charge in [0.05, 0.1) is 55.2 Å². The SMILES string of the molecule is Cc1ncsc1-c1ccc(CNC(=O)C2CC(O)CN2C(=O)[C@@H](NC(=O)COCCOCCOCCN)C(C)(C)C)cc1. The molecule has 43 heavy (non-hydrogen) atoms. The Kier molecular flexibility index (Phi) is 13.5. The second kappa shape index (κ2) is 16.8. The van der Waals surface area contributed by atoms with E-state index in [4.69, 9.17) is 19.9 Å². The van der Waals surface area contributed by atoms with Crippen LogP contribution in [0.2, 0.25) is 0 Å². The minimum atomic E-state index is -0.928. The third-order valence-corrected chi connectivity index (χ3v) is 7.93. The van der Waals surface area contributed by atoms with Gasteiger partial charge in [-0.1, -0.05) is 45.0 Å². The zero-order valence-electron chi connectivity index (χ0n) is 25.5. The quantitative estimate of drug-likeness (QED) is 0.202. The Balaban J connectivity index is 1.52. The van der Waals surface area contributed by atoms with Crippen LogP contribution in [0.15, 0.2) is 29.8 Å². The van der Waals surface area contributed by atoms with Gasteiger partial charge in [-0.3, -0.25) is 14.4 Å². The molecule has 1 aromatic heterocycles. The topological polar surface area (TPSA) is 165 Å². The van der Waals surface area contributed by atoms with E-state index in [1.807, 2.05) is 57.5 Å². The monoisotopic (exact) mass is 619 g/mol. The molecule has 1 aliphatic rings. The number of carbonyl (C=O) groups is 3. The fourth-order valence-corrected chi connectivity index (χ4v) is 5.48. The van der Waals surface area contributed by atoms with Gasteiger partial charge in [-0.25, -0.2) is 4.98 Å². The van der Waals surface area contributed by atoms with Crippen LogP contribution in [0.4, 0.5) is 0 Å². The van der Waals surface area contributed by atoms with Crippen LogP contribution in [0.5, 0.6) is 0 Å². The van der Waals surface area contributed by atoms with Crippen LogP contribution in [0.3, 0.4) is 0 Å². The summed E-state index contributed by atoms with van der Waals surface area (Å²) in [5.41, 5.74) is 9.44. The number of nitrogens with one attached hydrogen (secondary N) is 2. The fourth-order valence-electron chi connectivity index (χ4n) is 4.67. The zero-order valence-corrected chi connectivity index (χ0v) is 26.3. The van der Waals surface area contributed by atoms with E-state index in [1.54, 1.807) is 11.3 Å². The summed E-state index contributed by atoms with van der Waals surface area (Å²) in [6.07, 6.45) is -0.728. The van der Waals surface area contributed by atoms with E-state index >= 15 is 0 Å². The zero-order chi connectivity index (χ0) is 31.4. The van der Waals surface area contributed by atoms with E-state index < -0.39 is 35.4 Å². The molecule has 5 N–H and O–H groups in total. The van der Waals surface area contributed by atoms with Gasteiger partial charge >= 0.3 is 0 Å². The Hall–Kier alpha value is -2.94. The van der Waals surface area contributed by atoms with Gasteiger partial charge in [0.15, 0.2) is 0 Å². The Bertz CT molecular complexity index is 1180. The molecule has 0 aliphatic carbocycles. The van der Waals surface area contributed by atoms with Crippen molar-refractivity contribution < 1.29 is 33.7 Å². The van der Waals surface area contributed by atoms with E-state index in [0.29, 0.717) is 33.0 Å². The van der Waals surface area contributed by atoms with Crippen molar-refractivity contribution in [1.29, 1.82) is 0 Å². The molecule has 3 amide bonds. The summed E-state index contributed by atoms with van der Waals surface area (Å²) in [7, 11) is 0. The molecule has 1 aliphatic heterocycles. The number of aromatic nitrogens is 1. The van der Waals surface area contributed by atoms with Crippen LogP contribution < -0.4 is 16.4 Å². The Morgan fingerprint density at radius 3 is 2.35 bits per heavy atom. The Morgan fingerprint density at radius 2 is 1.74 bits per heavy atom. The van der Waals surface area contributed by atoms with Crippen molar-refractivity contribution in [2.45, 2.75) is 58.8 Å². The van der Waals surface area contributed by atoms with Crippen LogP contribution in [0.25, 0.3) is 10.4 Å². The Morgan fingerprint density at radius 1 is 1.09 bits per heavy atom. The van der Waals surface area contributed by atoms with Crippen LogP contribution in [0, 0.1) is 12.3 Å². The lowest BCUT2D eigenvalue weighted by Crippen LogP contribution is -2.58. The molecule has 12 nitrogen and oxygen atoms in total. The third-order valence-electron chi connectivity index (χ3n) is 6.95. The first-order chi connectivity index (χ1) is 20.5. The number of hydrogen-bond acceptors (Lipinski definition) is 10. The van der Waals surface area contributed by atoms with Gasteiger partial charge in [0.25, 0.3) is 0 Å². The predicted octanol–water partition coefficient (Wildman–Crippen LogP) is 1.24. The van der Waals surface area contributed by atoms with E-state index in [-0.39, 0.29) is 38.6 Å². The van der Waals surface area contributed by atoms with Gasteiger partial charge in [0.1, 0.15) is 18.7 Å². The summed E-state index contributed by atoms with van der Waals surface area (Å²) in [6.45, 7) is 9.72. The summed E-state index contributed by atoms with van der Waals surface area (Å²) in [4.78, 5) is 46.4. The van der Waals surface area contributed by atoms with Gasteiger partial charge in [-0.05, 0) is 23.5 Å². The summed E-state index contributed by atoms with van der Waals surface area (Å²) in [5, 5.41) is 16.1. The number of carbonyl (C=O) groups excluding carboxylic acids is 3. The molecule has 2 aromatic rings. The van der Waals surface area contributed by atoms with Crippen molar-refractivity contribution in [3.63, 3.8) is 0 Å². The summed E-state index contributed by atoms with van der Waals surface area (Å²) >= 11 is 1.58. The lowest BCUT2D eigenvalue weighted by Gasteiger charge is -2.35. The number of thiazole rings is 1. The maximum absolute atomic E-state index is 13.7. The molecular weight excluding hydrogens is 574 g/mol. The first-order valence-electron chi connectivity index (χ1n) is 14.5. The van der Waals surface area contributed by atoms with E-state index in [1.165, 1.54) is 4.90 Å². The van der Waals surface area contributed by atoms with Crippen molar-refractivity contribution in [3.8, 4) is 10.4 Å². The predicted molar refractivity (Wildman–Crippen MR) is 163 cm³/mol.